The molecule has 0 aromatic rings. The van der Waals surface area contributed by atoms with Crippen LogP contribution in [0.3, 0.4) is 0 Å². The average molecular weight is 220 g/mol. The fourth-order valence-corrected chi connectivity index (χ4v) is 0.733. The molecule has 0 aliphatic carbocycles. The molecule has 0 amide bonds. The monoisotopic (exact) mass is 220 g/mol. The molecule has 0 unspecified atom stereocenters. The standard InChI is InChI=1S/C10H13F3.C2H6/c1-4-6-9(10(11,12)13)7-8(3)5-2;1-2/h4-7H,1-3H3;1-2H3/b6-4-,8-5-,9-7+;. The van der Waals surface area contributed by atoms with Gasteiger partial charge in [0.1, 0.15) is 0 Å². The average Bonchev–Trinajstić information content (AvgIpc) is 2.18. The Morgan fingerprint density at radius 3 is 1.80 bits per heavy atom. The van der Waals surface area contributed by atoms with Crippen LogP contribution in [0, 0.1) is 0 Å². The van der Waals surface area contributed by atoms with E-state index < -0.39 is 11.7 Å². The Balaban J connectivity index is 0. The minimum Gasteiger partial charge on any atom is -0.166 e. The highest BCUT2D eigenvalue weighted by Crippen LogP contribution is 2.27. The molecule has 0 saturated heterocycles. The molecule has 0 saturated carbocycles. The Morgan fingerprint density at radius 1 is 1.07 bits per heavy atom. The van der Waals surface area contributed by atoms with Crippen molar-refractivity contribution in [2.45, 2.75) is 40.8 Å². The van der Waals surface area contributed by atoms with E-state index >= 15 is 0 Å². The number of rotatable bonds is 2. The summed E-state index contributed by atoms with van der Waals surface area (Å²) in [5.41, 5.74) is -0.0176. The molecule has 0 bridgehead atoms. The predicted octanol–water partition coefficient (Wildman–Crippen LogP) is 5.04. The second-order valence-corrected chi connectivity index (χ2v) is 2.63. The van der Waals surface area contributed by atoms with Gasteiger partial charge in [0.2, 0.25) is 0 Å². The van der Waals surface area contributed by atoms with Crippen LogP contribution in [0.4, 0.5) is 13.2 Å². The van der Waals surface area contributed by atoms with Gasteiger partial charge in [-0.3, -0.25) is 0 Å². The van der Waals surface area contributed by atoms with Crippen LogP contribution in [0.25, 0.3) is 0 Å². The summed E-state index contributed by atoms with van der Waals surface area (Å²) in [5, 5.41) is 0. The lowest BCUT2D eigenvalue weighted by Crippen LogP contribution is -2.09. The molecular weight excluding hydrogens is 201 g/mol. The van der Waals surface area contributed by atoms with Gasteiger partial charge in [0.05, 0.1) is 5.57 Å². The number of hydrogen-bond acceptors (Lipinski definition) is 0. The van der Waals surface area contributed by atoms with E-state index in [1.165, 1.54) is 6.08 Å². The van der Waals surface area contributed by atoms with Gasteiger partial charge < -0.3 is 0 Å². The Morgan fingerprint density at radius 2 is 1.53 bits per heavy atom. The first-order valence-electron chi connectivity index (χ1n) is 4.96. The molecule has 0 aliphatic rings. The van der Waals surface area contributed by atoms with Gasteiger partial charge in [-0.05, 0) is 26.8 Å². The third-order valence-corrected chi connectivity index (χ3v) is 1.51. The first-order valence-corrected chi connectivity index (χ1v) is 4.96. The van der Waals surface area contributed by atoms with E-state index in [2.05, 4.69) is 0 Å². The van der Waals surface area contributed by atoms with Crippen molar-refractivity contribution in [3.05, 3.63) is 35.5 Å². The Kier molecular flexibility index (Phi) is 9.13. The summed E-state index contributed by atoms with van der Waals surface area (Å²) in [4.78, 5) is 0. The normalized spacial score (nSPS) is 13.9. The van der Waals surface area contributed by atoms with E-state index in [0.717, 1.165) is 12.2 Å². The summed E-state index contributed by atoms with van der Waals surface area (Å²) in [7, 11) is 0. The first-order chi connectivity index (χ1) is 6.91. The molecule has 0 aliphatic heterocycles. The van der Waals surface area contributed by atoms with E-state index in [1.54, 1.807) is 26.8 Å². The molecule has 0 aromatic carbocycles. The summed E-state index contributed by atoms with van der Waals surface area (Å²) in [6, 6.07) is 0. The maximum Gasteiger partial charge on any atom is 0.416 e. The third kappa shape index (κ3) is 8.03. The quantitative estimate of drug-likeness (QED) is 0.571. The van der Waals surface area contributed by atoms with Crippen LogP contribution < -0.4 is 0 Å². The van der Waals surface area contributed by atoms with Crippen molar-refractivity contribution in [2.75, 3.05) is 0 Å². The zero-order valence-electron chi connectivity index (χ0n) is 9.94. The Hall–Kier alpha value is -0.990. The zero-order valence-corrected chi connectivity index (χ0v) is 9.94. The van der Waals surface area contributed by atoms with Crippen LogP contribution in [0.2, 0.25) is 0 Å². The highest BCUT2D eigenvalue weighted by atomic mass is 19.4. The largest absolute Gasteiger partial charge is 0.416 e. The molecule has 0 fully saturated rings. The lowest BCUT2D eigenvalue weighted by atomic mass is 10.1. The van der Waals surface area contributed by atoms with Crippen molar-refractivity contribution >= 4 is 0 Å². The van der Waals surface area contributed by atoms with Gasteiger partial charge in [-0.25, -0.2) is 0 Å². The molecule has 15 heavy (non-hydrogen) atoms. The molecule has 3 heteroatoms. The van der Waals surface area contributed by atoms with Gasteiger partial charge in [-0.15, -0.1) is 0 Å². The summed E-state index contributed by atoms with van der Waals surface area (Å²) in [5.74, 6) is 0. The van der Waals surface area contributed by atoms with Crippen LogP contribution in [-0.2, 0) is 0 Å². The molecule has 0 heterocycles. The topological polar surface area (TPSA) is 0 Å². The highest BCUT2D eigenvalue weighted by molar-refractivity contribution is 5.31. The van der Waals surface area contributed by atoms with E-state index in [9.17, 15) is 13.2 Å². The Labute approximate surface area is 90.2 Å². The maximum atomic E-state index is 12.3. The molecule has 0 N–H and O–H groups in total. The van der Waals surface area contributed by atoms with E-state index in [-0.39, 0.29) is 0 Å². The van der Waals surface area contributed by atoms with Crippen LogP contribution in [0.1, 0.15) is 34.6 Å². The second kappa shape index (κ2) is 8.33. The minimum absolute atomic E-state index is 0.602. The van der Waals surface area contributed by atoms with Crippen LogP contribution in [0.15, 0.2) is 35.5 Å². The Bertz CT molecular complexity index is 242. The van der Waals surface area contributed by atoms with Crippen LogP contribution in [0.5, 0.6) is 0 Å². The van der Waals surface area contributed by atoms with Gasteiger partial charge in [-0.1, -0.05) is 37.6 Å². The van der Waals surface area contributed by atoms with Gasteiger partial charge in [0, 0.05) is 0 Å². The van der Waals surface area contributed by atoms with E-state index in [0.29, 0.717) is 5.57 Å². The minimum atomic E-state index is -4.27. The molecule has 0 atom stereocenters. The molecular formula is C12H19F3. The van der Waals surface area contributed by atoms with Crippen molar-refractivity contribution in [1.29, 1.82) is 0 Å². The molecule has 0 nitrogen and oxygen atoms in total. The molecule has 88 valence electrons. The molecule has 0 aromatic heterocycles. The highest BCUT2D eigenvalue weighted by Gasteiger charge is 2.31. The van der Waals surface area contributed by atoms with Gasteiger partial charge >= 0.3 is 6.18 Å². The lowest BCUT2D eigenvalue weighted by molar-refractivity contribution is -0.0882. The van der Waals surface area contributed by atoms with E-state index in [1.807, 2.05) is 13.8 Å². The van der Waals surface area contributed by atoms with Crippen LogP contribution >= 0.6 is 0 Å². The third-order valence-electron chi connectivity index (χ3n) is 1.51. The van der Waals surface area contributed by atoms with Crippen molar-refractivity contribution in [3.63, 3.8) is 0 Å². The zero-order chi connectivity index (χ0) is 12.5. The number of allylic oxidation sites excluding steroid dienone is 6. The lowest BCUT2D eigenvalue weighted by Gasteiger charge is -2.07. The van der Waals surface area contributed by atoms with Crippen molar-refractivity contribution in [1.82, 2.24) is 0 Å². The van der Waals surface area contributed by atoms with Crippen molar-refractivity contribution in [3.8, 4) is 0 Å². The predicted molar refractivity (Wildman–Crippen MR) is 59.7 cm³/mol. The SMILES string of the molecule is CC.C\C=C/C(=C\C(C)=C/C)C(F)(F)F. The van der Waals surface area contributed by atoms with E-state index in [4.69, 9.17) is 0 Å². The smallest absolute Gasteiger partial charge is 0.166 e. The maximum absolute atomic E-state index is 12.3. The number of halogens is 3. The fourth-order valence-electron chi connectivity index (χ4n) is 0.733. The van der Waals surface area contributed by atoms with Crippen LogP contribution in [-0.4, -0.2) is 6.18 Å². The van der Waals surface area contributed by atoms with Crippen molar-refractivity contribution < 1.29 is 13.2 Å². The van der Waals surface area contributed by atoms with Gasteiger partial charge in [-0.2, -0.15) is 13.2 Å². The van der Waals surface area contributed by atoms with Gasteiger partial charge in [0.15, 0.2) is 0 Å². The number of alkyl halides is 3. The first kappa shape index (κ1) is 16.4. The summed E-state index contributed by atoms with van der Waals surface area (Å²) in [6.45, 7) is 8.90. The second-order valence-electron chi connectivity index (χ2n) is 2.63. The van der Waals surface area contributed by atoms with Crippen molar-refractivity contribution in [2.24, 2.45) is 0 Å². The molecule has 0 spiro atoms. The summed E-state index contributed by atoms with van der Waals surface area (Å²) in [6.07, 6.45) is 0.932. The van der Waals surface area contributed by atoms with Gasteiger partial charge in [0.25, 0.3) is 0 Å². The summed E-state index contributed by atoms with van der Waals surface area (Å²) < 4.78 is 36.8. The number of hydrogen-bond donors (Lipinski definition) is 0. The fraction of sp³-hybridized carbons (Fsp3) is 0.500. The molecule has 0 rings (SSSR count). The summed E-state index contributed by atoms with van der Waals surface area (Å²) >= 11 is 0. The molecule has 0 radical (unpaired) electrons.